The minimum absolute atomic E-state index is 0.0249. The number of carbonyl (C=O) groups excluding carboxylic acids is 2. The third-order valence-electron chi connectivity index (χ3n) is 3.63. The average Bonchev–Trinajstić information content (AvgIpc) is 3.34. The van der Waals surface area contributed by atoms with Gasteiger partial charge < -0.3 is 13.7 Å². The second-order valence-electron chi connectivity index (χ2n) is 5.48. The first-order valence-electron chi connectivity index (χ1n) is 7.98. The van der Waals surface area contributed by atoms with E-state index in [2.05, 4.69) is 21.0 Å². The Balaban J connectivity index is 1.54. The Morgan fingerprint density at radius 2 is 2.11 bits per heavy atom. The molecule has 0 aliphatic heterocycles. The van der Waals surface area contributed by atoms with Gasteiger partial charge in [-0.2, -0.15) is 0 Å². The summed E-state index contributed by atoms with van der Waals surface area (Å²) < 4.78 is 12.1. The van der Waals surface area contributed by atoms with E-state index in [1.54, 1.807) is 42.1 Å². The molecule has 2 aromatic heterocycles. The van der Waals surface area contributed by atoms with E-state index in [4.69, 9.17) is 20.8 Å². The van der Waals surface area contributed by atoms with E-state index in [0.29, 0.717) is 27.5 Å². The van der Waals surface area contributed by atoms with Crippen molar-refractivity contribution in [1.82, 2.24) is 25.6 Å². The molecule has 0 atom stereocenters. The van der Waals surface area contributed by atoms with Gasteiger partial charge in [-0.1, -0.05) is 23.4 Å². The number of benzene rings is 1. The number of rotatable bonds is 6. The molecule has 0 bridgehead atoms. The summed E-state index contributed by atoms with van der Waals surface area (Å²) in [5, 5.41) is 8.99. The predicted molar refractivity (Wildman–Crippen MR) is 103 cm³/mol. The molecule has 2 heterocycles. The number of hydrogen-bond acceptors (Lipinski definition) is 7. The van der Waals surface area contributed by atoms with Gasteiger partial charge in [0, 0.05) is 12.1 Å². The summed E-state index contributed by atoms with van der Waals surface area (Å²) in [7, 11) is 3.21. The van der Waals surface area contributed by atoms with Crippen molar-refractivity contribution in [3.05, 3.63) is 47.2 Å². The molecule has 2 amide bonds. The highest BCUT2D eigenvalue weighted by atomic mass is 35.5. The predicted octanol–water partition coefficient (Wildman–Crippen LogP) is 2.29. The maximum absolute atomic E-state index is 12.2. The summed E-state index contributed by atoms with van der Waals surface area (Å²) in [5.74, 6) is 0.536. The van der Waals surface area contributed by atoms with Crippen LogP contribution in [0.4, 0.5) is 0 Å². The summed E-state index contributed by atoms with van der Waals surface area (Å²) >= 11 is 7.07. The lowest BCUT2D eigenvalue weighted by atomic mass is 10.2. The van der Waals surface area contributed by atoms with Crippen LogP contribution >= 0.6 is 23.4 Å². The van der Waals surface area contributed by atoms with Crippen LogP contribution in [0.5, 0.6) is 5.75 Å². The van der Waals surface area contributed by atoms with Gasteiger partial charge in [-0.25, -0.2) is 0 Å². The molecule has 0 aliphatic carbocycles. The fourth-order valence-electron chi connectivity index (χ4n) is 2.28. The van der Waals surface area contributed by atoms with E-state index in [0.717, 1.165) is 0 Å². The molecule has 0 radical (unpaired) electrons. The lowest BCUT2D eigenvalue weighted by molar-refractivity contribution is -0.119. The first kappa shape index (κ1) is 19.8. The number of amides is 2. The van der Waals surface area contributed by atoms with Crippen LogP contribution in [0.2, 0.25) is 5.02 Å². The Bertz CT molecular complexity index is 990. The summed E-state index contributed by atoms with van der Waals surface area (Å²) in [4.78, 5) is 24.3. The number of methoxy groups -OCH3 is 1. The average molecular weight is 422 g/mol. The SMILES string of the molecule is COc1ccc(Cl)cc1C(=O)NNC(=O)CSc1nnc(-c2ccco2)n1C. The standard InChI is InChI=1S/C17H16ClN5O4S/c1-23-15(13-4-3-7-27-13)20-22-17(23)28-9-14(24)19-21-16(25)11-8-10(18)5-6-12(11)26-2/h3-8H,9H2,1-2H3,(H,19,24)(H,21,25). The summed E-state index contributed by atoms with van der Waals surface area (Å²) in [5.41, 5.74) is 4.88. The zero-order valence-electron chi connectivity index (χ0n) is 14.9. The second kappa shape index (κ2) is 8.81. The minimum Gasteiger partial charge on any atom is -0.496 e. The van der Waals surface area contributed by atoms with Gasteiger partial charge in [0.15, 0.2) is 16.7 Å². The molecule has 28 heavy (non-hydrogen) atoms. The van der Waals surface area contributed by atoms with Crippen LogP contribution in [-0.2, 0) is 11.8 Å². The van der Waals surface area contributed by atoms with Crippen LogP contribution in [0.25, 0.3) is 11.6 Å². The van der Waals surface area contributed by atoms with Gasteiger partial charge in [0.2, 0.25) is 5.91 Å². The van der Waals surface area contributed by atoms with E-state index in [-0.39, 0.29) is 11.3 Å². The normalized spacial score (nSPS) is 10.5. The lowest BCUT2D eigenvalue weighted by Gasteiger charge is -2.10. The van der Waals surface area contributed by atoms with Crippen LogP contribution in [0.1, 0.15) is 10.4 Å². The van der Waals surface area contributed by atoms with E-state index in [1.165, 1.54) is 24.9 Å². The first-order valence-corrected chi connectivity index (χ1v) is 9.34. The zero-order chi connectivity index (χ0) is 20.1. The van der Waals surface area contributed by atoms with E-state index in [9.17, 15) is 9.59 Å². The fraction of sp³-hybridized carbons (Fsp3) is 0.176. The van der Waals surface area contributed by atoms with E-state index in [1.807, 2.05) is 0 Å². The molecule has 11 heteroatoms. The van der Waals surface area contributed by atoms with Crippen LogP contribution in [0.15, 0.2) is 46.2 Å². The van der Waals surface area contributed by atoms with Crippen LogP contribution in [-0.4, -0.2) is 39.4 Å². The van der Waals surface area contributed by atoms with Crippen LogP contribution in [0, 0.1) is 0 Å². The molecule has 3 rings (SSSR count). The van der Waals surface area contributed by atoms with Crippen molar-refractivity contribution in [3.8, 4) is 17.3 Å². The van der Waals surface area contributed by atoms with E-state index >= 15 is 0 Å². The molecular weight excluding hydrogens is 406 g/mol. The van der Waals surface area contributed by atoms with Gasteiger partial charge in [-0.15, -0.1) is 10.2 Å². The van der Waals surface area contributed by atoms with Crippen molar-refractivity contribution >= 4 is 35.2 Å². The van der Waals surface area contributed by atoms with Crippen molar-refractivity contribution < 1.29 is 18.7 Å². The van der Waals surface area contributed by atoms with Gasteiger partial charge >= 0.3 is 0 Å². The van der Waals surface area contributed by atoms with Crippen molar-refractivity contribution in [2.24, 2.45) is 7.05 Å². The first-order chi connectivity index (χ1) is 13.5. The highest BCUT2D eigenvalue weighted by Gasteiger charge is 2.16. The number of halogens is 1. The van der Waals surface area contributed by atoms with Crippen molar-refractivity contribution in [1.29, 1.82) is 0 Å². The number of furan rings is 1. The van der Waals surface area contributed by atoms with Gasteiger partial charge in [0.25, 0.3) is 5.91 Å². The Morgan fingerprint density at radius 1 is 1.29 bits per heavy atom. The van der Waals surface area contributed by atoms with Crippen molar-refractivity contribution in [3.63, 3.8) is 0 Å². The Hall–Kier alpha value is -2.98. The molecule has 0 unspecified atom stereocenters. The molecule has 0 saturated heterocycles. The Morgan fingerprint density at radius 3 is 2.82 bits per heavy atom. The third-order valence-corrected chi connectivity index (χ3v) is 4.89. The molecule has 1 aromatic carbocycles. The molecule has 9 nitrogen and oxygen atoms in total. The maximum Gasteiger partial charge on any atom is 0.273 e. The van der Waals surface area contributed by atoms with E-state index < -0.39 is 11.8 Å². The van der Waals surface area contributed by atoms with Crippen molar-refractivity contribution in [2.45, 2.75) is 5.16 Å². The zero-order valence-corrected chi connectivity index (χ0v) is 16.5. The monoisotopic (exact) mass is 421 g/mol. The number of thioether (sulfide) groups is 1. The number of aromatic nitrogens is 3. The molecule has 146 valence electrons. The largest absolute Gasteiger partial charge is 0.496 e. The molecule has 2 N–H and O–H groups in total. The number of nitrogens with zero attached hydrogens (tertiary/aromatic N) is 3. The van der Waals surface area contributed by atoms with Crippen LogP contribution in [0.3, 0.4) is 0 Å². The molecule has 0 fully saturated rings. The third kappa shape index (κ3) is 4.46. The minimum atomic E-state index is -0.545. The molecule has 0 spiro atoms. The second-order valence-corrected chi connectivity index (χ2v) is 6.86. The maximum atomic E-state index is 12.2. The topological polar surface area (TPSA) is 111 Å². The summed E-state index contributed by atoms with van der Waals surface area (Å²) in [6.45, 7) is 0. The molecule has 3 aromatic rings. The highest BCUT2D eigenvalue weighted by molar-refractivity contribution is 7.99. The Kier molecular flexibility index (Phi) is 6.22. The molecular formula is C17H16ClN5O4S. The summed E-state index contributed by atoms with van der Waals surface area (Å²) in [6.07, 6.45) is 1.54. The number of hydrogen-bond donors (Lipinski definition) is 2. The quantitative estimate of drug-likeness (QED) is 0.464. The van der Waals surface area contributed by atoms with Gasteiger partial charge in [-0.05, 0) is 30.3 Å². The fourth-order valence-corrected chi connectivity index (χ4v) is 3.16. The molecule has 0 aliphatic rings. The van der Waals surface area contributed by atoms with Gasteiger partial charge in [0.05, 0.1) is 24.7 Å². The van der Waals surface area contributed by atoms with Gasteiger partial charge in [0.1, 0.15) is 5.75 Å². The van der Waals surface area contributed by atoms with Gasteiger partial charge in [-0.3, -0.25) is 20.4 Å². The summed E-state index contributed by atoms with van der Waals surface area (Å²) in [6, 6.07) is 8.14. The van der Waals surface area contributed by atoms with Crippen molar-refractivity contribution in [2.75, 3.05) is 12.9 Å². The Labute approximate surface area is 169 Å². The number of ether oxygens (including phenoxy) is 1. The number of carbonyl (C=O) groups is 2. The number of hydrazine groups is 1. The van der Waals surface area contributed by atoms with Crippen LogP contribution < -0.4 is 15.6 Å². The smallest absolute Gasteiger partial charge is 0.273 e. The lowest BCUT2D eigenvalue weighted by Crippen LogP contribution is -2.42. The number of nitrogens with one attached hydrogen (secondary N) is 2. The highest BCUT2D eigenvalue weighted by Crippen LogP contribution is 2.23. The molecule has 0 saturated carbocycles.